The second-order valence-corrected chi connectivity index (χ2v) is 8.16. The molecule has 0 aliphatic heterocycles. The summed E-state index contributed by atoms with van der Waals surface area (Å²) in [5, 5.41) is 16.8. The summed E-state index contributed by atoms with van der Waals surface area (Å²) in [5.41, 5.74) is 10.8. The minimum atomic E-state index is -1.18. The number of rotatable bonds is 14. The molecule has 0 heterocycles. The zero-order valence-electron chi connectivity index (χ0n) is 18.4. The maximum atomic E-state index is 12.8. The fourth-order valence-electron chi connectivity index (χ4n) is 2.63. The SMILES string of the molecule is CCC(C)C(NC(=O)C(NC(=O)C(CCC(N)=O)NC(=O)C(N)CS)C(C)C)C(=O)O. The number of aliphatic carboxylic acids is 1. The van der Waals surface area contributed by atoms with E-state index in [1.807, 2.05) is 0 Å². The van der Waals surface area contributed by atoms with E-state index in [0.717, 1.165) is 0 Å². The van der Waals surface area contributed by atoms with Gasteiger partial charge in [0.05, 0.1) is 6.04 Å². The zero-order valence-corrected chi connectivity index (χ0v) is 19.3. The lowest BCUT2D eigenvalue weighted by atomic mass is 9.97. The molecule has 0 radical (unpaired) electrons. The third-order valence-corrected chi connectivity index (χ3v) is 5.26. The summed E-state index contributed by atoms with van der Waals surface area (Å²) in [6.07, 6.45) is 0.258. The van der Waals surface area contributed by atoms with E-state index in [1.165, 1.54) is 0 Å². The zero-order chi connectivity index (χ0) is 24.3. The molecule has 0 fully saturated rings. The van der Waals surface area contributed by atoms with E-state index in [0.29, 0.717) is 6.42 Å². The molecule has 0 bridgehead atoms. The number of carboxylic acid groups (broad SMARTS) is 1. The molecule has 5 atom stereocenters. The Morgan fingerprint density at radius 2 is 1.48 bits per heavy atom. The van der Waals surface area contributed by atoms with Crippen LogP contribution in [0.1, 0.15) is 47.0 Å². The van der Waals surface area contributed by atoms with E-state index < -0.39 is 53.8 Å². The summed E-state index contributed by atoms with van der Waals surface area (Å²) >= 11 is 3.93. The van der Waals surface area contributed by atoms with Gasteiger partial charge in [-0.05, 0) is 18.3 Å². The quantitative estimate of drug-likeness (QED) is 0.157. The van der Waals surface area contributed by atoms with Gasteiger partial charge in [0.2, 0.25) is 23.6 Å². The Labute approximate surface area is 187 Å². The van der Waals surface area contributed by atoms with Crippen LogP contribution in [0.3, 0.4) is 0 Å². The largest absolute Gasteiger partial charge is 0.480 e. The van der Waals surface area contributed by atoms with Gasteiger partial charge in [0, 0.05) is 12.2 Å². The summed E-state index contributed by atoms with van der Waals surface area (Å²) in [6, 6.07) is -4.31. The minimum Gasteiger partial charge on any atom is -0.480 e. The summed E-state index contributed by atoms with van der Waals surface area (Å²) in [4.78, 5) is 60.3. The number of carboxylic acids is 1. The van der Waals surface area contributed by atoms with Crippen molar-refractivity contribution < 1.29 is 29.1 Å². The van der Waals surface area contributed by atoms with Crippen molar-refractivity contribution in [2.45, 2.75) is 71.1 Å². The first-order chi connectivity index (χ1) is 14.3. The van der Waals surface area contributed by atoms with Crippen molar-refractivity contribution >= 4 is 42.2 Å². The van der Waals surface area contributed by atoms with Crippen molar-refractivity contribution in [3.05, 3.63) is 0 Å². The van der Waals surface area contributed by atoms with Crippen LogP contribution in [-0.4, -0.2) is 64.6 Å². The number of hydrogen-bond donors (Lipinski definition) is 7. The van der Waals surface area contributed by atoms with E-state index in [2.05, 4.69) is 28.6 Å². The number of thiol groups is 1. The van der Waals surface area contributed by atoms with Gasteiger partial charge in [-0.2, -0.15) is 12.6 Å². The first kappa shape index (κ1) is 28.7. The fraction of sp³-hybridized carbons (Fsp3) is 0.737. The van der Waals surface area contributed by atoms with Gasteiger partial charge in [0.1, 0.15) is 18.1 Å². The van der Waals surface area contributed by atoms with Crippen molar-refractivity contribution in [1.29, 1.82) is 0 Å². The maximum absolute atomic E-state index is 12.8. The molecule has 0 saturated carbocycles. The number of primary amides is 1. The van der Waals surface area contributed by atoms with Gasteiger partial charge >= 0.3 is 5.97 Å². The molecule has 0 aliphatic rings. The van der Waals surface area contributed by atoms with Gasteiger partial charge in [-0.3, -0.25) is 19.2 Å². The first-order valence-corrected chi connectivity index (χ1v) is 10.8. The highest BCUT2D eigenvalue weighted by Gasteiger charge is 2.33. The van der Waals surface area contributed by atoms with Crippen LogP contribution >= 0.6 is 12.6 Å². The van der Waals surface area contributed by atoms with E-state index in [-0.39, 0.29) is 30.4 Å². The van der Waals surface area contributed by atoms with Crippen LogP contribution in [0, 0.1) is 11.8 Å². The molecular formula is C19H35N5O6S. The molecule has 0 aromatic carbocycles. The predicted octanol–water partition coefficient (Wildman–Crippen LogP) is -1.25. The summed E-state index contributed by atoms with van der Waals surface area (Å²) in [6.45, 7) is 6.85. The lowest BCUT2D eigenvalue weighted by Gasteiger charge is -2.28. The van der Waals surface area contributed by atoms with Crippen LogP contribution in [0.2, 0.25) is 0 Å². The number of carbonyl (C=O) groups excluding carboxylic acids is 4. The van der Waals surface area contributed by atoms with Crippen molar-refractivity contribution in [2.75, 3.05) is 5.75 Å². The first-order valence-electron chi connectivity index (χ1n) is 10.1. The van der Waals surface area contributed by atoms with Crippen LogP contribution < -0.4 is 27.4 Å². The van der Waals surface area contributed by atoms with Crippen LogP contribution in [0.15, 0.2) is 0 Å². The van der Waals surface area contributed by atoms with Gasteiger partial charge in [-0.1, -0.05) is 34.1 Å². The minimum absolute atomic E-state index is 0.0409. The molecular weight excluding hydrogens is 426 g/mol. The monoisotopic (exact) mass is 461 g/mol. The molecule has 0 aromatic rings. The highest BCUT2D eigenvalue weighted by atomic mass is 32.1. The molecule has 12 heteroatoms. The lowest BCUT2D eigenvalue weighted by Crippen LogP contribution is -2.59. The maximum Gasteiger partial charge on any atom is 0.326 e. The molecule has 31 heavy (non-hydrogen) atoms. The van der Waals surface area contributed by atoms with Gasteiger partial charge in [0.15, 0.2) is 0 Å². The fourth-order valence-corrected chi connectivity index (χ4v) is 2.80. The van der Waals surface area contributed by atoms with Crippen LogP contribution in [0.25, 0.3) is 0 Å². The topological polar surface area (TPSA) is 194 Å². The third kappa shape index (κ3) is 10.0. The van der Waals surface area contributed by atoms with Crippen molar-refractivity contribution in [3.8, 4) is 0 Å². The highest BCUT2D eigenvalue weighted by Crippen LogP contribution is 2.11. The Morgan fingerprint density at radius 1 is 0.935 bits per heavy atom. The summed E-state index contributed by atoms with van der Waals surface area (Å²) in [5.74, 6) is -4.54. The standard InChI is InChI=1S/C19H35N5O6S/c1-5-10(4)15(19(29)30)24-18(28)14(9(2)3)23-17(27)12(6-7-13(21)25)22-16(26)11(20)8-31/h9-12,14-15,31H,5-8,20H2,1-4H3,(H2,21,25)(H,22,26)(H,23,27)(H,24,28)(H,29,30). The Bertz CT molecular complexity index is 660. The average Bonchev–Trinajstić information content (AvgIpc) is 2.70. The molecule has 0 saturated heterocycles. The van der Waals surface area contributed by atoms with Gasteiger partial charge < -0.3 is 32.5 Å². The molecule has 0 aromatic heterocycles. The normalized spacial score (nSPS) is 15.8. The van der Waals surface area contributed by atoms with Crippen LogP contribution in [0.5, 0.6) is 0 Å². The van der Waals surface area contributed by atoms with E-state index in [9.17, 15) is 29.1 Å². The van der Waals surface area contributed by atoms with E-state index in [4.69, 9.17) is 11.5 Å². The van der Waals surface area contributed by atoms with Crippen LogP contribution in [0.4, 0.5) is 0 Å². The Morgan fingerprint density at radius 3 is 1.90 bits per heavy atom. The Kier molecular flexibility index (Phi) is 12.8. The molecule has 0 aliphatic carbocycles. The van der Waals surface area contributed by atoms with E-state index >= 15 is 0 Å². The van der Waals surface area contributed by atoms with Gasteiger partial charge in [0.25, 0.3) is 0 Å². The second kappa shape index (κ2) is 13.9. The predicted molar refractivity (Wildman–Crippen MR) is 118 cm³/mol. The van der Waals surface area contributed by atoms with Gasteiger partial charge in [-0.25, -0.2) is 4.79 Å². The van der Waals surface area contributed by atoms with Crippen molar-refractivity contribution in [3.63, 3.8) is 0 Å². The molecule has 178 valence electrons. The molecule has 4 amide bonds. The number of nitrogens with one attached hydrogen (secondary N) is 3. The van der Waals surface area contributed by atoms with Gasteiger partial charge in [-0.15, -0.1) is 0 Å². The average molecular weight is 462 g/mol. The highest BCUT2D eigenvalue weighted by molar-refractivity contribution is 7.80. The molecule has 0 rings (SSSR count). The third-order valence-electron chi connectivity index (χ3n) is 4.87. The Balaban J connectivity index is 5.47. The number of hydrogen-bond acceptors (Lipinski definition) is 7. The lowest BCUT2D eigenvalue weighted by molar-refractivity contribution is -0.144. The Hall–Kier alpha value is -2.34. The summed E-state index contributed by atoms with van der Waals surface area (Å²) < 4.78 is 0. The smallest absolute Gasteiger partial charge is 0.326 e. The number of carbonyl (C=O) groups is 5. The van der Waals surface area contributed by atoms with Crippen molar-refractivity contribution in [2.24, 2.45) is 23.3 Å². The number of amides is 4. The van der Waals surface area contributed by atoms with E-state index in [1.54, 1.807) is 27.7 Å². The van der Waals surface area contributed by atoms with Crippen LogP contribution in [-0.2, 0) is 24.0 Å². The number of nitrogens with two attached hydrogens (primary N) is 2. The molecule has 8 N–H and O–H groups in total. The molecule has 11 nitrogen and oxygen atoms in total. The molecule has 5 unspecified atom stereocenters. The second-order valence-electron chi connectivity index (χ2n) is 7.80. The molecule has 0 spiro atoms. The summed E-state index contributed by atoms with van der Waals surface area (Å²) in [7, 11) is 0. The van der Waals surface area contributed by atoms with Crippen molar-refractivity contribution in [1.82, 2.24) is 16.0 Å².